The number of nitrogens with two attached hydrogens (primary N) is 2. The largest absolute Gasteiger partial charge is 0.444 e. The lowest BCUT2D eigenvalue weighted by molar-refractivity contribution is -0.127. The van der Waals surface area contributed by atoms with Crippen LogP contribution in [0.15, 0.2) is 60.9 Å². The third-order valence-electron chi connectivity index (χ3n) is 8.13. The number of aromatic nitrogens is 6. The van der Waals surface area contributed by atoms with Gasteiger partial charge in [-0.3, -0.25) is 14.5 Å². The average Bonchev–Trinajstić information content (AvgIpc) is 3.59. The number of hydrogen-bond donors (Lipinski definition) is 4. The zero-order valence-electron chi connectivity index (χ0n) is 26.7. The number of H-pyrrole nitrogens is 1. The number of tetrazole rings is 1. The molecule has 2 heterocycles. The lowest BCUT2D eigenvalue weighted by atomic mass is 9.81. The Labute approximate surface area is 272 Å². The maximum absolute atomic E-state index is 14.4. The van der Waals surface area contributed by atoms with Crippen LogP contribution in [0.1, 0.15) is 52.0 Å². The second-order valence-corrected chi connectivity index (χ2v) is 12.8. The SMILES string of the molecule is CC(C)(C)OC(=O)NC[C@H]1CC[C@H](C(=O)N(c2ccc(-c3nnn[nH]3)cc2)[C@@H](Cc2cccc(-c3cnc(N)nc3)c2)C(N)=O)CC1. The van der Waals surface area contributed by atoms with Gasteiger partial charge >= 0.3 is 6.09 Å². The van der Waals surface area contributed by atoms with E-state index in [2.05, 4.69) is 35.9 Å². The molecule has 5 rings (SSSR count). The summed E-state index contributed by atoms with van der Waals surface area (Å²) in [6.45, 7) is 5.92. The molecule has 47 heavy (non-hydrogen) atoms. The van der Waals surface area contributed by atoms with Crippen LogP contribution in [0.25, 0.3) is 22.5 Å². The Morgan fingerprint density at radius 1 is 1.00 bits per heavy atom. The summed E-state index contributed by atoms with van der Waals surface area (Å²) in [5.74, 6) is -0.273. The van der Waals surface area contributed by atoms with E-state index in [1.807, 2.05) is 45.0 Å². The van der Waals surface area contributed by atoms with Crippen molar-refractivity contribution in [3.8, 4) is 22.5 Å². The maximum Gasteiger partial charge on any atom is 0.407 e. The maximum atomic E-state index is 14.4. The summed E-state index contributed by atoms with van der Waals surface area (Å²) in [7, 11) is 0. The van der Waals surface area contributed by atoms with Crippen LogP contribution < -0.4 is 21.7 Å². The number of benzene rings is 2. The minimum absolute atomic E-state index is 0.173. The first-order valence-corrected chi connectivity index (χ1v) is 15.6. The third-order valence-corrected chi connectivity index (χ3v) is 8.13. The molecule has 0 saturated heterocycles. The molecule has 246 valence electrons. The summed E-state index contributed by atoms with van der Waals surface area (Å²) in [6.07, 6.45) is 5.69. The van der Waals surface area contributed by atoms with Crippen molar-refractivity contribution in [3.05, 3.63) is 66.5 Å². The van der Waals surface area contributed by atoms with Gasteiger partial charge in [0.15, 0.2) is 5.82 Å². The van der Waals surface area contributed by atoms with Gasteiger partial charge in [-0.1, -0.05) is 24.3 Å². The van der Waals surface area contributed by atoms with Gasteiger partial charge in [-0.15, -0.1) is 5.10 Å². The van der Waals surface area contributed by atoms with E-state index < -0.39 is 23.6 Å². The van der Waals surface area contributed by atoms with E-state index in [9.17, 15) is 14.4 Å². The quantitative estimate of drug-likeness (QED) is 0.198. The van der Waals surface area contributed by atoms with Crippen molar-refractivity contribution >= 4 is 29.5 Å². The van der Waals surface area contributed by atoms with Gasteiger partial charge in [0.2, 0.25) is 17.8 Å². The Morgan fingerprint density at radius 3 is 2.32 bits per heavy atom. The van der Waals surface area contributed by atoms with Crippen LogP contribution in [0.3, 0.4) is 0 Å². The number of ether oxygens (including phenoxy) is 1. The second kappa shape index (κ2) is 14.4. The molecule has 0 radical (unpaired) electrons. The van der Waals surface area contributed by atoms with Crippen molar-refractivity contribution in [1.29, 1.82) is 0 Å². The summed E-state index contributed by atoms with van der Waals surface area (Å²) in [4.78, 5) is 49.4. The number of primary amides is 1. The highest BCUT2D eigenvalue weighted by Gasteiger charge is 2.36. The summed E-state index contributed by atoms with van der Waals surface area (Å²) in [5, 5.41) is 16.8. The number of aromatic amines is 1. The molecule has 0 bridgehead atoms. The Kier molecular flexibility index (Phi) is 10.1. The number of anilines is 2. The number of carbonyl (C=O) groups is 3. The zero-order chi connectivity index (χ0) is 33.6. The van der Waals surface area contributed by atoms with E-state index >= 15 is 0 Å². The number of nitrogen functional groups attached to an aromatic ring is 1. The monoisotopic (exact) mass is 640 g/mol. The highest BCUT2D eigenvalue weighted by Crippen LogP contribution is 2.33. The van der Waals surface area contributed by atoms with Crippen molar-refractivity contribution in [1.82, 2.24) is 35.9 Å². The summed E-state index contributed by atoms with van der Waals surface area (Å²) in [5.41, 5.74) is 14.8. The molecule has 3 amide bonds. The van der Waals surface area contributed by atoms with E-state index in [0.717, 1.165) is 35.1 Å². The first-order chi connectivity index (χ1) is 22.5. The van der Waals surface area contributed by atoms with Gasteiger partial charge in [-0.2, -0.15) is 0 Å². The normalized spacial score (nSPS) is 17.0. The molecule has 1 saturated carbocycles. The highest BCUT2D eigenvalue weighted by molar-refractivity contribution is 6.01. The fourth-order valence-electron chi connectivity index (χ4n) is 5.78. The van der Waals surface area contributed by atoms with Crippen LogP contribution in [0.4, 0.5) is 16.4 Å². The number of nitrogens with one attached hydrogen (secondary N) is 2. The van der Waals surface area contributed by atoms with Crippen molar-refractivity contribution in [2.24, 2.45) is 17.6 Å². The number of carbonyl (C=O) groups excluding carboxylic acids is 3. The Hall–Kier alpha value is -5.40. The minimum Gasteiger partial charge on any atom is -0.444 e. The van der Waals surface area contributed by atoms with Crippen molar-refractivity contribution in [3.63, 3.8) is 0 Å². The molecule has 6 N–H and O–H groups in total. The van der Waals surface area contributed by atoms with E-state index in [0.29, 0.717) is 30.9 Å². The van der Waals surface area contributed by atoms with Crippen LogP contribution in [-0.4, -0.2) is 66.7 Å². The predicted octanol–water partition coefficient (Wildman–Crippen LogP) is 3.67. The average molecular weight is 641 g/mol. The van der Waals surface area contributed by atoms with E-state index in [4.69, 9.17) is 16.2 Å². The lowest BCUT2D eigenvalue weighted by Crippen LogP contribution is -2.52. The Balaban J connectivity index is 1.37. The van der Waals surface area contributed by atoms with Gasteiger partial charge in [0.1, 0.15) is 11.6 Å². The first kappa shape index (κ1) is 33.0. The van der Waals surface area contributed by atoms with E-state index in [1.54, 1.807) is 36.7 Å². The molecule has 0 aliphatic heterocycles. The Bertz CT molecular complexity index is 1660. The number of amides is 3. The highest BCUT2D eigenvalue weighted by atomic mass is 16.6. The van der Waals surface area contributed by atoms with Crippen LogP contribution in [0, 0.1) is 11.8 Å². The van der Waals surface area contributed by atoms with E-state index in [-0.39, 0.29) is 30.1 Å². The summed E-state index contributed by atoms with van der Waals surface area (Å²) >= 11 is 0. The number of alkyl carbamates (subject to hydrolysis) is 1. The lowest BCUT2D eigenvalue weighted by Gasteiger charge is -2.36. The minimum atomic E-state index is -0.968. The van der Waals surface area contributed by atoms with Gasteiger partial charge in [0.25, 0.3) is 0 Å². The van der Waals surface area contributed by atoms with Gasteiger partial charge < -0.3 is 21.5 Å². The molecule has 2 aromatic carbocycles. The number of nitrogens with zero attached hydrogens (tertiary/aromatic N) is 6. The zero-order valence-corrected chi connectivity index (χ0v) is 26.7. The molecule has 1 atom stereocenters. The number of rotatable bonds is 10. The van der Waals surface area contributed by atoms with Gasteiger partial charge in [-0.25, -0.2) is 19.9 Å². The molecular formula is C33H40N10O4. The second-order valence-electron chi connectivity index (χ2n) is 12.8. The fraction of sp³-hybridized carbons (Fsp3) is 0.394. The van der Waals surface area contributed by atoms with Crippen LogP contribution in [0.5, 0.6) is 0 Å². The predicted molar refractivity (Wildman–Crippen MR) is 175 cm³/mol. The van der Waals surface area contributed by atoms with Crippen molar-refractivity contribution in [2.75, 3.05) is 17.2 Å². The summed E-state index contributed by atoms with van der Waals surface area (Å²) in [6, 6.07) is 13.7. The van der Waals surface area contributed by atoms with Gasteiger partial charge in [0.05, 0.1) is 0 Å². The molecule has 1 fully saturated rings. The summed E-state index contributed by atoms with van der Waals surface area (Å²) < 4.78 is 5.36. The molecule has 14 nitrogen and oxygen atoms in total. The molecule has 0 spiro atoms. The van der Waals surface area contributed by atoms with Gasteiger partial charge in [0, 0.05) is 48.1 Å². The molecule has 2 aromatic heterocycles. The molecular weight excluding hydrogens is 600 g/mol. The van der Waals surface area contributed by atoms with Crippen LogP contribution in [-0.2, 0) is 20.7 Å². The number of hydrogen-bond acceptors (Lipinski definition) is 10. The standard InChI is InChI=1S/C33H40N10O4/c1-33(2,3)47-32(46)38-17-20-7-9-23(10-8-20)30(45)43(26-13-11-22(12-14-26)29-39-41-42-40-29)27(28(34)44)16-21-5-4-6-24(15-21)25-18-36-31(35)37-19-25/h4-6,11-15,18-20,23,27H,7-10,16-17H2,1-3H3,(H2,34,44)(H,38,46)(H2,35,36,37)(H,39,40,41,42)/t20-,23-,27-/m0/s1. The molecule has 14 heteroatoms. The van der Waals surface area contributed by atoms with Gasteiger partial charge in [-0.05, 0) is 98.2 Å². The van der Waals surface area contributed by atoms with Crippen LogP contribution >= 0.6 is 0 Å². The first-order valence-electron chi connectivity index (χ1n) is 15.6. The van der Waals surface area contributed by atoms with E-state index in [1.165, 1.54) is 4.90 Å². The topological polar surface area (TPSA) is 208 Å². The van der Waals surface area contributed by atoms with Crippen molar-refractivity contribution < 1.29 is 19.1 Å². The van der Waals surface area contributed by atoms with Crippen molar-refractivity contribution in [2.45, 2.75) is 64.5 Å². The molecule has 0 unspecified atom stereocenters. The smallest absolute Gasteiger partial charge is 0.407 e. The third kappa shape index (κ3) is 8.66. The molecule has 1 aliphatic carbocycles. The van der Waals surface area contributed by atoms with Crippen LogP contribution in [0.2, 0.25) is 0 Å². The Morgan fingerprint density at radius 2 is 1.70 bits per heavy atom. The molecule has 4 aromatic rings. The molecule has 1 aliphatic rings. The fourth-order valence-corrected chi connectivity index (χ4v) is 5.78.